The highest BCUT2D eigenvalue weighted by molar-refractivity contribution is 5.96. The number of unbranched alkanes of at least 4 members (excludes halogenated alkanes) is 1. The highest BCUT2D eigenvalue weighted by Crippen LogP contribution is 2.41. The van der Waals surface area contributed by atoms with Gasteiger partial charge in [-0.25, -0.2) is 0 Å². The highest BCUT2D eigenvalue weighted by Gasteiger charge is 2.34. The second kappa shape index (κ2) is 8.36. The zero-order valence-corrected chi connectivity index (χ0v) is 16.5. The van der Waals surface area contributed by atoms with Gasteiger partial charge >= 0.3 is 6.18 Å². The van der Waals surface area contributed by atoms with Crippen LogP contribution in [-0.2, 0) is 12.6 Å². The lowest BCUT2D eigenvalue weighted by molar-refractivity contribution is -0.136. The van der Waals surface area contributed by atoms with Crippen molar-refractivity contribution < 1.29 is 13.2 Å². The van der Waals surface area contributed by atoms with Crippen molar-refractivity contribution in [2.75, 3.05) is 6.54 Å². The molecule has 0 saturated heterocycles. The number of benzene rings is 3. The number of fused-ring (bicyclic) bond motifs is 1. The van der Waals surface area contributed by atoms with Gasteiger partial charge in [0, 0.05) is 10.9 Å². The number of H-pyrrole nitrogens is 1. The lowest BCUT2D eigenvalue weighted by atomic mass is 9.93. The second-order valence-corrected chi connectivity index (χ2v) is 7.36. The van der Waals surface area contributed by atoms with Gasteiger partial charge in [0.2, 0.25) is 0 Å². The van der Waals surface area contributed by atoms with Gasteiger partial charge in [-0.1, -0.05) is 66.7 Å². The van der Waals surface area contributed by atoms with Crippen LogP contribution in [0.1, 0.15) is 24.0 Å². The van der Waals surface area contributed by atoms with Crippen molar-refractivity contribution in [1.82, 2.24) is 4.98 Å². The molecule has 0 unspecified atom stereocenters. The van der Waals surface area contributed by atoms with Crippen LogP contribution in [0.5, 0.6) is 0 Å². The molecular weight excluding hydrogens is 385 g/mol. The summed E-state index contributed by atoms with van der Waals surface area (Å²) in [5.74, 6) is 0. The van der Waals surface area contributed by atoms with E-state index in [1.807, 2.05) is 54.6 Å². The summed E-state index contributed by atoms with van der Waals surface area (Å²) >= 11 is 0. The Labute approximate surface area is 173 Å². The van der Waals surface area contributed by atoms with E-state index in [4.69, 9.17) is 5.73 Å². The Kier molecular flexibility index (Phi) is 5.64. The van der Waals surface area contributed by atoms with Crippen molar-refractivity contribution in [3.05, 3.63) is 83.9 Å². The predicted molar refractivity (Wildman–Crippen MR) is 116 cm³/mol. The number of aromatic nitrogens is 1. The summed E-state index contributed by atoms with van der Waals surface area (Å²) in [6.07, 6.45) is -2.11. The molecule has 2 nitrogen and oxygen atoms in total. The number of halogens is 3. The predicted octanol–water partition coefficient (Wildman–Crippen LogP) is 6.80. The summed E-state index contributed by atoms with van der Waals surface area (Å²) in [6, 6.07) is 22.1. The van der Waals surface area contributed by atoms with E-state index in [-0.39, 0.29) is 5.52 Å². The standard InChI is InChI=1S/C25H23F3N2/c26-25(27,28)22-15-8-14-21-20(13-6-7-16-29)23(30-24(21)22)19-12-5-4-11-18(19)17-9-2-1-3-10-17/h1-5,8-12,14-15,30H,6-7,13,16,29H2. The number of aromatic amines is 1. The number of hydrogen-bond acceptors (Lipinski definition) is 1. The van der Waals surface area contributed by atoms with E-state index < -0.39 is 11.7 Å². The van der Waals surface area contributed by atoms with Crippen LogP contribution in [0.4, 0.5) is 13.2 Å². The maximum Gasteiger partial charge on any atom is 0.418 e. The van der Waals surface area contributed by atoms with Crippen molar-refractivity contribution in [3.63, 3.8) is 0 Å². The van der Waals surface area contributed by atoms with Gasteiger partial charge in [-0.15, -0.1) is 0 Å². The first kappa shape index (κ1) is 20.2. The molecule has 0 bridgehead atoms. The van der Waals surface area contributed by atoms with Crippen LogP contribution >= 0.6 is 0 Å². The van der Waals surface area contributed by atoms with Crippen LogP contribution in [-0.4, -0.2) is 11.5 Å². The SMILES string of the molecule is NCCCCc1c(-c2ccccc2-c2ccccc2)[nH]c2c(C(F)(F)F)cccc12. The number of aryl methyl sites for hydroxylation is 1. The lowest BCUT2D eigenvalue weighted by Gasteiger charge is -2.11. The fourth-order valence-corrected chi connectivity index (χ4v) is 4.02. The molecule has 0 saturated carbocycles. The van der Waals surface area contributed by atoms with Crippen LogP contribution in [0.15, 0.2) is 72.8 Å². The Hall–Kier alpha value is -3.05. The van der Waals surface area contributed by atoms with Gasteiger partial charge in [-0.3, -0.25) is 0 Å². The number of hydrogen-bond donors (Lipinski definition) is 2. The fraction of sp³-hybridized carbons (Fsp3) is 0.200. The third-order valence-electron chi connectivity index (χ3n) is 5.41. The molecule has 1 aromatic heterocycles. The molecule has 30 heavy (non-hydrogen) atoms. The molecule has 1 heterocycles. The van der Waals surface area contributed by atoms with Gasteiger partial charge in [0.05, 0.1) is 16.8 Å². The molecule has 0 atom stereocenters. The van der Waals surface area contributed by atoms with Crippen molar-refractivity contribution >= 4 is 10.9 Å². The van der Waals surface area contributed by atoms with E-state index >= 15 is 0 Å². The quantitative estimate of drug-likeness (QED) is 0.338. The summed E-state index contributed by atoms with van der Waals surface area (Å²) in [7, 11) is 0. The molecule has 0 spiro atoms. The fourth-order valence-electron chi connectivity index (χ4n) is 4.02. The van der Waals surface area contributed by atoms with Gasteiger partial charge in [-0.05, 0) is 48.6 Å². The van der Waals surface area contributed by atoms with Crippen molar-refractivity contribution in [3.8, 4) is 22.4 Å². The first-order chi connectivity index (χ1) is 14.5. The van der Waals surface area contributed by atoms with Crippen LogP contribution in [0, 0.1) is 0 Å². The monoisotopic (exact) mass is 408 g/mol. The molecule has 0 aliphatic heterocycles. The van der Waals surface area contributed by atoms with Crippen LogP contribution < -0.4 is 5.73 Å². The van der Waals surface area contributed by atoms with E-state index in [0.29, 0.717) is 18.4 Å². The Bertz CT molecular complexity index is 1140. The Morgan fingerprint density at radius 3 is 2.17 bits per heavy atom. The van der Waals surface area contributed by atoms with E-state index in [1.54, 1.807) is 6.07 Å². The molecule has 3 aromatic carbocycles. The number of para-hydroxylation sites is 1. The molecule has 0 aliphatic carbocycles. The molecule has 5 heteroatoms. The summed E-state index contributed by atoms with van der Waals surface area (Å²) in [5.41, 5.74) is 9.73. The summed E-state index contributed by atoms with van der Waals surface area (Å²) in [5, 5.41) is 0.625. The second-order valence-electron chi connectivity index (χ2n) is 7.36. The van der Waals surface area contributed by atoms with Gasteiger partial charge < -0.3 is 10.7 Å². The average molecular weight is 408 g/mol. The number of nitrogens with two attached hydrogens (primary N) is 1. The maximum atomic E-state index is 13.7. The first-order valence-corrected chi connectivity index (χ1v) is 10.1. The van der Waals surface area contributed by atoms with Crippen molar-refractivity contribution in [2.45, 2.75) is 25.4 Å². The number of alkyl halides is 3. The molecule has 0 fully saturated rings. The minimum absolute atomic E-state index is 0.144. The highest BCUT2D eigenvalue weighted by atomic mass is 19.4. The lowest BCUT2D eigenvalue weighted by Crippen LogP contribution is -2.05. The maximum absolute atomic E-state index is 13.7. The largest absolute Gasteiger partial charge is 0.418 e. The number of nitrogens with one attached hydrogen (secondary N) is 1. The van der Waals surface area contributed by atoms with Crippen molar-refractivity contribution in [1.29, 1.82) is 0 Å². The number of rotatable bonds is 6. The van der Waals surface area contributed by atoms with E-state index in [0.717, 1.165) is 46.9 Å². The van der Waals surface area contributed by atoms with E-state index in [2.05, 4.69) is 4.98 Å². The van der Waals surface area contributed by atoms with Gasteiger partial charge in [0.25, 0.3) is 0 Å². The zero-order valence-electron chi connectivity index (χ0n) is 16.5. The molecule has 4 aromatic rings. The summed E-state index contributed by atoms with van der Waals surface area (Å²) < 4.78 is 41.0. The minimum atomic E-state index is -4.42. The first-order valence-electron chi connectivity index (χ1n) is 10.1. The van der Waals surface area contributed by atoms with E-state index in [1.165, 1.54) is 6.07 Å². The van der Waals surface area contributed by atoms with Crippen LogP contribution in [0.2, 0.25) is 0 Å². The topological polar surface area (TPSA) is 41.8 Å². The zero-order chi connectivity index (χ0) is 21.1. The van der Waals surface area contributed by atoms with Crippen molar-refractivity contribution in [2.24, 2.45) is 5.73 Å². The molecule has 0 radical (unpaired) electrons. The minimum Gasteiger partial charge on any atom is -0.354 e. The van der Waals surface area contributed by atoms with Gasteiger partial charge in [-0.2, -0.15) is 13.2 Å². The van der Waals surface area contributed by atoms with Gasteiger partial charge in [0.15, 0.2) is 0 Å². The van der Waals surface area contributed by atoms with Crippen LogP contribution in [0.25, 0.3) is 33.3 Å². The Balaban J connectivity index is 1.96. The van der Waals surface area contributed by atoms with Crippen LogP contribution in [0.3, 0.4) is 0 Å². The average Bonchev–Trinajstić information content (AvgIpc) is 3.12. The molecule has 154 valence electrons. The molecular formula is C25H23F3N2. The molecule has 3 N–H and O–H groups in total. The molecule has 0 amide bonds. The third-order valence-corrected chi connectivity index (χ3v) is 5.41. The smallest absolute Gasteiger partial charge is 0.354 e. The summed E-state index contributed by atoms with van der Waals surface area (Å²) in [4.78, 5) is 3.14. The van der Waals surface area contributed by atoms with E-state index in [9.17, 15) is 13.2 Å². The Morgan fingerprint density at radius 1 is 0.767 bits per heavy atom. The summed E-state index contributed by atoms with van der Waals surface area (Å²) in [6.45, 7) is 0.562. The third kappa shape index (κ3) is 3.85. The molecule has 0 aliphatic rings. The normalized spacial score (nSPS) is 11.9. The molecule has 4 rings (SSSR count). The Morgan fingerprint density at radius 2 is 1.47 bits per heavy atom. The van der Waals surface area contributed by atoms with Gasteiger partial charge in [0.1, 0.15) is 0 Å².